The first-order valence-corrected chi connectivity index (χ1v) is 5.52. The number of carbonyl (C=O) groups excluding carboxylic acids is 1. The summed E-state index contributed by atoms with van der Waals surface area (Å²) in [7, 11) is 3.81. The highest BCUT2D eigenvalue weighted by Crippen LogP contribution is 2.00. The van der Waals surface area contributed by atoms with Crippen molar-refractivity contribution in [3.05, 3.63) is 17.5 Å². The first kappa shape index (κ1) is 12.7. The minimum Gasteiger partial charge on any atom is -0.349 e. The maximum atomic E-state index is 11.8. The van der Waals surface area contributed by atoms with E-state index in [0.29, 0.717) is 12.2 Å². The second kappa shape index (κ2) is 5.65. The third-order valence-electron chi connectivity index (χ3n) is 2.55. The van der Waals surface area contributed by atoms with Crippen LogP contribution in [0.4, 0.5) is 0 Å². The smallest absolute Gasteiger partial charge is 0.269 e. The Hall–Kier alpha value is -1.36. The normalized spacial score (nSPS) is 10.8. The van der Waals surface area contributed by atoms with Gasteiger partial charge in [-0.3, -0.25) is 9.48 Å². The lowest BCUT2D eigenvalue weighted by molar-refractivity contribution is 0.0940. The van der Waals surface area contributed by atoms with Gasteiger partial charge in [-0.25, -0.2) is 0 Å². The number of aromatic nitrogens is 2. The van der Waals surface area contributed by atoms with Gasteiger partial charge in [0, 0.05) is 20.1 Å². The average molecular weight is 224 g/mol. The van der Waals surface area contributed by atoms with Crippen molar-refractivity contribution in [2.75, 3.05) is 26.7 Å². The van der Waals surface area contributed by atoms with Crippen LogP contribution in [-0.4, -0.2) is 47.3 Å². The molecule has 0 saturated carbocycles. The summed E-state index contributed by atoms with van der Waals surface area (Å²) in [4.78, 5) is 13.9. The Morgan fingerprint density at radius 1 is 1.62 bits per heavy atom. The van der Waals surface area contributed by atoms with Gasteiger partial charge in [0.2, 0.25) is 0 Å². The molecule has 5 nitrogen and oxygen atoms in total. The molecule has 90 valence electrons. The lowest BCUT2D eigenvalue weighted by Crippen LogP contribution is -2.33. The molecule has 16 heavy (non-hydrogen) atoms. The largest absolute Gasteiger partial charge is 0.349 e. The van der Waals surface area contributed by atoms with Gasteiger partial charge in [0.05, 0.1) is 5.69 Å². The molecule has 0 aliphatic rings. The molecule has 0 aliphatic carbocycles. The summed E-state index contributed by atoms with van der Waals surface area (Å²) in [6.45, 7) is 6.47. The highest BCUT2D eigenvalue weighted by atomic mass is 16.2. The van der Waals surface area contributed by atoms with E-state index in [9.17, 15) is 4.79 Å². The zero-order valence-electron chi connectivity index (χ0n) is 10.4. The number of nitrogens with zero attached hydrogens (tertiary/aromatic N) is 3. The van der Waals surface area contributed by atoms with Crippen LogP contribution in [-0.2, 0) is 7.05 Å². The second-order valence-corrected chi connectivity index (χ2v) is 3.95. The van der Waals surface area contributed by atoms with E-state index in [1.165, 1.54) is 0 Å². The maximum Gasteiger partial charge on any atom is 0.269 e. The first-order valence-electron chi connectivity index (χ1n) is 5.52. The van der Waals surface area contributed by atoms with Crippen LogP contribution in [0.5, 0.6) is 0 Å². The highest BCUT2D eigenvalue weighted by molar-refractivity contribution is 5.92. The monoisotopic (exact) mass is 224 g/mol. The van der Waals surface area contributed by atoms with Crippen LogP contribution in [0.2, 0.25) is 0 Å². The SMILES string of the molecule is CCN(C)CCNC(=O)c1cc(C)nn1C. The fourth-order valence-electron chi connectivity index (χ4n) is 1.43. The number of amides is 1. The van der Waals surface area contributed by atoms with E-state index in [1.807, 2.05) is 14.0 Å². The summed E-state index contributed by atoms with van der Waals surface area (Å²) >= 11 is 0. The molecule has 1 heterocycles. The van der Waals surface area contributed by atoms with Crippen molar-refractivity contribution in [2.24, 2.45) is 7.05 Å². The van der Waals surface area contributed by atoms with Crippen LogP contribution in [0.3, 0.4) is 0 Å². The summed E-state index contributed by atoms with van der Waals surface area (Å²) < 4.78 is 1.61. The summed E-state index contributed by atoms with van der Waals surface area (Å²) in [5, 5.41) is 7.01. The lowest BCUT2D eigenvalue weighted by Gasteiger charge is -2.13. The van der Waals surface area contributed by atoms with Crippen LogP contribution in [0.25, 0.3) is 0 Å². The molecule has 1 amide bonds. The quantitative estimate of drug-likeness (QED) is 0.788. The molecule has 0 unspecified atom stereocenters. The summed E-state index contributed by atoms with van der Waals surface area (Å²) in [5.74, 6) is -0.0624. The number of rotatable bonds is 5. The van der Waals surface area contributed by atoms with Gasteiger partial charge < -0.3 is 10.2 Å². The van der Waals surface area contributed by atoms with E-state index in [2.05, 4.69) is 22.2 Å². The molecule has 0 saturated heterocycles. The second-order valence-electron chi connectivity index (χ2n) is 3.95. The molecule has 0 aliphatic heterocycles. The van der Waals surface area contributed by atoms with Crippen LogP contribution in [0, 0.1) is 6.92 Å². The predicted octanol–water partition coefficient (Wildman–Crippen LogP) is 0.410. The average Bonchev–Trinajstić information content (AvgIpc) is 2.57. The number of carbonyl (C=O) groups is 1. The third-order valence-corrected chi connectivity index (χ3v) is 2.55. The van der Waals surface area contributed by atoms with Crippen molar-refractivity contribution in [2.45, 2.75) is 13.8 Å². The molecule has 0 fully saturated rings. The molecule has 0 spiro atoms. The third kappa shape index (κ3) is 3.34. The van der Waals surface area contributed by atoms with Gasteiger partial charge in [-0.1, -0.05) is 6.92 Å². The molecule has 0 aromatic carbocycles. The van der Waals surface area contributed by atoms with E-state index >= 15 is 0 Å². The number of aryl methyl sites for hydroxylation is 2. The standard InChI is InChI=1S/C11H20N4O/c1-5-14(3)7-6-12-11(16)10-8-9(2)13-15(10)4/h8H,5-7H2,1-4H3,(H,12,16). The molecule has 1 N–H and O–H groups in total. The van der Waals surface area contributed by atoms with Crippen molar-refractivity contribution < 1.29 is 4.79 Å². The maximum absolute atomic E-state index is 11.8. The molecule has 1 aromatic heterocycles. The number of hydrogen-bond acceptors (Lipinski definition) is 3. The first-order chi connectivity index (χ1) is 7.54. The van der Waals surface area contributed by atoms with Crippen LogP contribution >= 0.6 is 0 Å². The lowest BCUT2D eigenvalue weighted by atomic mass is 10.3. The minimum absolute atomic E-state index is 0.0624. The Morgan fingerprint density at radius 3 is 2.81 bits per heavy atom. The van der Waals surface area contributed by atoms with Crippen molar-refractivity contribution in [1.29, 1.82) is 0 Å². The van der Waals surface area contributed by atoms with Gasteiger partial charge in [0.15, 0.2) is 0 Å². The van der Waals surface area contributed by atoms with Crippen molar-refractivity contribution in [3.63, 3.8) is 0 Å². The molecule has 0 radical (unpaired) electrons. The zero-order valence-corrected chi connectivity index (χ0v) is 10.4. The van der Waals surface area contributed by atoms with Gasteiger partial charge in [-0.15, -0.1) is 0 Å². The molecule has 0 atom stereocenters. The van der Waals surface area contributed by atoms with Crippen LogP contribution in [0.1, 0.15) is 23.1 Å². The van der Waals surface area contributed by atoms with Gasteiger partial charge in [0.1, 0.15) is 5.69 Å². The van der Waals surface area contributed by atoms with Crippen molar-refractivity contribution in [3.8, 4) is 0 Å². The molecule has 0 bridgehead atoms. The van der Waals surface area contributed by atoms with Gasteiger partial charge in [-0.2, -0.15) is 5.10 Å². The number of likely N-dealkylation sites (N-methyl/N-ethyl adjacent to an activating group) is 1. The van der Waals surface area contributed by atoms with Crippen molar-refractivity contribution in [1.82, 2.24) is 20.0 Å². The highest BCUT2D eigenvalue weighted by Gasteiger charge is 2.10. The van der Waals surface area contributed by atoms with Crippen LogP contribution in [0.15, 0.2) is 6.07 Å². The summed E-state index contributed by atoms with van der Waals surface area (Å²) in [6.07, 6.45) is 0. The Morgan fingerprint density at radius 2 is 2.31 bits per heavy atom. The minimum atomic E-state index is -0.0624. The predicted molar refractivity (Wildman–Crippen MR) is 63.4 cm³/mol. The Balaban J connectivity index is 2.44. The zero-order chi connectivity index (χ0) is 12.1. The Bertz CT molecular complexity index is 359. The molecular weight excluding hydrogens is 204 g/mol. The van der Waals surface area contributed by atoms with E-state index in [4.69, 9.17) is 0 Å². The van der Waals surface area contributed by atoms with E-state index in [0.717, 1.165) is 18.8 Å². The molecule has 1 rings (SSSR count). The molecule has 5 heteroatoms. The molecular formula is C11H20N4O. The van der Waals surface area contributed by atoms with Gasteiger partial charge >= 0.3 is 0 Å². The number of hydrogen-bond donors (Lipinski definition) is 1. The Labute approximate surface area is 96.4 Å². The topological polar surface area (TPSA) is 50.2 Å². The van der Waals surface area contributed by atoms with E-state index in [1.54, 1.807) is 17.8 Å². The van der Waals surface area contributed by atoms with Gasteiger partial charge in [-0.05, 0) is 26.6 Å². The van der Waals surface area contributed by atoms with Crippen molar-refractivity contribution >= 4 is 5.91 Å². The van der Waals surface area contributed by atoms with E-state index < -0.39 is 0 Å². The van der Waals surface area contributed by atoms with Gasteiger partial charge in [0.25, 0.3) is 5.91 Å². The van der Waals surface area contributed by atoms with E-state index in [-0.39, 0.29) is 5.91 Å². The van der Waals surface area contributed by atoms with Crippen LogP contribution < -0.4 is 5.32 Å². The molecule has 1 aromatic rings. The summed E-state index contributed by atoms with van der Waals surface area (Å²) in [6, 6.07) is 1.79. The number of nitrogens with one attached hydrogen (secondary N) is 1. The Kier molecular flexibility index (Phi) is 4.49. The fourth-order valence-corrected chi connectivity index (χ4v) is 1.43. The summed E-state index contributed by atoms with van der Waals surface area (Å²) in [5.41, 5.74) is 1.47. The fraction of sp³-hybridized carbons (Fsp3) is 0.636.